The Hall–Kier alpha value is -1.09. The zero-order chi connectivity index (χ0) is 10.3. The van der Waals surface area contributed by atoms with Crippen LogP contribution in [0, 0.1) is 5.82 Å². The molecule has 1 aromatic carbocycles. The second-order valence-electron chi connectivity index (χ2n) is 3.47. The van der Waals surface area contributed by atoms with E-state index in [0.29, 0.717) is 16.1 Å². The van der Waals surface area contributed by atoms with Gasteiger partial charge in [0.05, 0.1) is 0 Å². The molecule has 0 saturated heterocycles. The fourth-order valence-electron chi connectivity index (χ4n) is 1.49. The van der Waals surface area contributed by atoms with Crippen molar-refractivity contribution >= 4 is 22.5 Å². The van der Waals surface area contributed by atoms with Crippen molar-refractivity contribution in [3.8, 4) is 0 Å². The average Bonchev–Trinajstić information content (AvgIpc) is 2.46. The van der Waals surface area contributed by atoms with E-state index in [1.807, 2.05) is 13.8 Å². The molecule has 2 rings (SSSR count). The Balaban J connectivity index is 2.86. The summed E-state index contributed by atoms with van der Waals surface area (Å²) in [7, 11) is 0. The third kappa shape index (κ3) is 1.28. The number of halogens is 2. The number of hydrogen-bond donors (Lipinski definition) is 0. The number of hydrogen-bond acceptors (Lipinski definition) is 1. The second kappa shape index (κ2) is 3.24. The molecule has 2 nitrogen and oxygen atoms in total. The second-order valence-corrected chi connectivity index (χ2v) is 3.82. The number of fused-ring (bicyclic) bond motifs is 1. The molecule has 0 fully saturated rings. The van der Waals surface area contributed by atoms with Gasteiger partial charge in [-0.15, -0.1) is 0 Å². The van der Waals surface area contributed by atoms with Crippen LogP contribution in [-0.4, -0.2) is 9.78 Å². The van der Waals surface area contributed by atoms with Crippen molar-refractivity contribution in [1.82, 2.24) is 9.78 Å². The molecule has 0 bridgehead atoms. The van der Waals surface area contributed by atoms with E-state index < -0.39 is 0 Å². The van der Waals surface area contributed by atoms with E-state index in [1.165, 1.54) is 6.07 Å². The molecule has 0 atom stereocenters. The van der Waals surface area contributed by atoms with Gasteiger partial charge in [0.1, 0.15) is 11.3 Å². The third-order valence-corrected chi connectivity index (χ3v) is 2.40. The fraction of sp³-hybridized carbons (Fsp3) is 0.300. The molecule has 1 heterocycles. The predicted molar refractivity (Wildman–Crippen MR) is 55.1 cm³/mol. The SMILES string of the molecule is CC(C)n1nc(Cl)c2cccc(F)c21. The van der Waals surface area contributed by atoms with Crippen LogP contribution in [0.5, 0.6) is 0 Å². The van der Waals surface area contributed by atoms with Gasteiger partial charge in [0.15, 0.2) is 5.15 Å². The summed E-state index contributed by atoms with van der Waals surface area (Å²) in [5, 5.41) is 5.11. The van der Waals surface area contributed by atoms with Gasteiger partial charge in [0, 0.05) is 11.4 Å². The smallest absolute Gasteiger partial charge is 0.159 e. The normalized spacial score (nSPS) is 11.5. The average molecular weight is 213 g/mol. The Bertz CT molecular complexity index is 476. The third-order valence-electron chi connectivity index (χ3n) is 2.12. The van der Waals surface area contributed by atoms with E-state index in [9.17, 15) is 4.39 Å². The molecule has 74 valence electrons. The summed E-state index contributed by atoms with van der Waals surface area (Å²) in [5.74, 6) is -0.282. The van der Waals surface area contributed by atoms with Crippen molar-refractivity contribution in [2.75, 3.05) is 0 Å². The molecule has 0 aliphatic rings. The van der Waals surface area contributed by atoms with Crippen molar-refractivity contribution in [2.45, 2.75) is 19.9 Å². The van der Waals surface area contributed by atoms with Crippen LogP contribution >= 0.6 is 11.6 Å². The number of benzene rings is 1. The van der Waals surface area contributed by atoms with Crippen LogP contribution in [0.2, 0.25) is 5.15 Å². The maximum atomic E-state index is 13.5. The van der Waals surface area contributed by atoms with Crippen molar-refractivity contribution in [1.29, 1.82) is 0 Å². The zero-order valence-corrected chi connectivity index (χ0v) is 8.72. The van der Waals surface area contributed by atoms with Crippen LogP contribution in [0.25, 0.3) is 10.9 Å². The van der Waals surface area contributed by atoms with Gasteiger partial charge >= 0.3 is 0 Å². The first-order chi connectivity index (χ1) is 6.61. The van der Waals surface area contributed by atoms with Crippen LogP contribution in [0.1, 0.15) is 19.9 Å². The molecule has 14 heavy (non-hydrogen) atoms. The lowest BCUT2D eigenvalue weighted by molar-refractivity contribution is 0.535. The Morgan fingerprint density at radius 2 is 2.14 bits per heavy atom. The molecule has 1 aromatic heterocycles. The molecule has 0 N–H and O–H groups in total. The first-order valence-electron chi connectivity index (χ1n) is 4.43. The Kier molecular flexibility index (Phi) is 2.19. The largest absolute Gasteiger partial charge is 0.258 e. The first-order valence-corrected chi connectivity index (χ1v) is 4.81. The van der Waals surface area contributed by atoms with Crippen LogP contribution in [0.3, 0.4) is 0 Å². The Morgan fingerprint density at radius 3 is 2.79 bits per heavy atom. The minimum absolute atomic E-state index is 0.0990. The molecule has 0 aliphatic heterocycles. The highest BCUT2D eigenvalue weighted by molar-refractivity contribution is 6.34. The van der Waals surface area contributed by atoms with Crippen molar-refractivity contribution in [3.63, 3.8) is 0 Å². The van der Waals surface area contributed by atoms with E-state index in [-0.39, 0.29) is 11.9 Å². The maximum Gasteiger partial charge on any atom is 0.159 e. The van der Waals surface area contributed by atoms with E-state index in [2.05, 4.69) is 5.10 Å². The van der Waals surface area contributed by atoms with Crippen LogP contribution < -0.4 is 0 Å². The van der Waals surface area contributed by atoms with E-state index in [1.54, 1.807) is 16.8 Å². The number of aromatic nitrogens is 2. The predicted octanol–water partition coefficient (Wildman–Crippen LogP) is 3.41. The molecule has 4 heteroatoms. The lowest BCUT2D eigenvalue weighted by Gasteiger charge is -2.06. The molecule has 0 aliphatic carbocycles. The standard InChI is InChI=1S/C10H10ClFN2/c1-6(2)14-9-7(10(11)13-14)4-3-5-8(9)12/h3-6H,1-2H3. The summed E-state index contributed by atoms with van der Waals surface area (Å²) in [6.07, 6.45) is 0. The summed E-state index contributed by atoms with van der Waals surface area (Å²) in [6.45, 7) is 3.88. The molecule has 0 saturated carbocycles. The first kappa shape index (κ1) is 9.46. The number of nitrogens with zero attached hydrogens (tertiary/aromatic N) is 2. The quantitative estimate of drug-likeness (QED) is 0.709. The summed E-state index contributed by atoms with van der Waals surface area (Å²) in [6, 6.07) is 4.92. The van der Waals surface area contributed by atoms with Crippen molar-refractivity contribution in [2.24, 2.45) is 0 Å². The summed E-state index contributed by atoms with van der Waals surface area (Å²) in [4.78, 5) is 0. The van der Waals surface area contributed by atoms with Gasteiger partial charge < -0.3 is 0 Å². The molecular formula is C10H10ClFN2. The van der Waals surface area contributed by atoms with Gasteiger partial charge in [0.25, 0.3) is 0 Å². The van der Waals surface area contributed by atoms with Crippen LogP contribution in [-0.2, 0) is 0 Å². The molecular weight excluding hydrogens is 203 g/mol. The minimum Gasteiger partial charge on any atom is -0.258 e. The molecule has 0 amide bonds. The van der Waals surface area contributed by atoms with Gasteiger partial charge in [0.2, 0.25) is 0 Å². The highest BCUT2D eigenvalue weighted by atomic mass is 35.5. The van der Waals surface area contributed by atoms with Gasteiger partial charge in [-0.2, -0.15) is 5.10 Å². The number of rotatable bonds is 1. The number of para-hydroxylation sites is 1. The van der Waals surface area contributed by atoms with E-state index in [4.69, 9.17) is 11.6 Å². The molecule has 0 unspecified atom stereocenters. The fourth-order valence-corrected chi connectivity index (χ4v) is 1.72. The lowest BCUT2D eigenvalue weighted by atomic mass is 10.2. The topological polar surface area (TPSA) is 17.8 Å². The van der Waals surface area contributed by atoms with Crippen molar-refractivity contribution in [3.05, 3.63) is 29.2 Å². The Morgan fingerprint density at radius 1 is 1.43 bits per heavy atom. The van der Waals surface area contributed by atoms with Crippen LogP contribution in [0.4, 0.5) is 4.39 Å². The summed E-state index contributed by atoms with van der Waals surface area (Å²) >= 11 is 5.90. The van der Waals surface area contributed by atoms with Gasteiger partial charge in [-0.3, -0.25) is 4.68 Å². The molecule has 2 aromatic rings. The lowest BCUT2D eigenvalue weighted by Crippen LogP contribution is -2.03. The van der Waals surface area contributed by atoms with E-state index >= 15 is 0 Å². The van der Waals surface area contributed by atoms with Gasteiger partial charge in [-0.25, -0.2) is 4.39 Å². The monoisotopic (exact) mass is 212 g/mol. The van der Waals surface area contributed by atoms with Crippen molar-refractivity contribution < 1.29 is 4.39 Å². The maximum absolute atomic E-state index is 13.5. The summed E-state index contributed by atoms with van der Waals surface area (Å²) < 4.78 is 15.1. The van der Waals surface area contributed by atoms with Crippen LogP contribution in [0.15, 0.2) is 18.2 Å². The zero-order valence-electron chi connectivity index (χ0n) is 7.96. The van der Waals surface area contributed by atoms with E-state index in [0.717, 1.165) is 0 Å². The summed E-state index contributed by atoms with van der Waals surface area (Å²) in [5.41, 5.74) is 0.479. The molecule has 0 spiro atoms. The van der Waals surface area contributed by atoms with Gasteiger partial charge in [-0.05, 0) is 26.0 Å². The highest BCUT2D eigenvalue weighted by Gasteiger charge is 2.13. The molecule has 0 radical (unpaired) electrons. The van der Waals surface area contributed by atoms with Gasteiger partial charge in [-0.1, -0.05) is 17.7 Å². The highest BCUT2D eigenvalue weighted by Crippen LogP contribution is 2.26. The minimum atomic E-state index is -0.282. The Labute approximate surface area is 86.3 Å².